The summed E-state index contributed by atoms with van der Waals surface area (Å²) < 4.78 is 19.4. The second kappa shape index (κ2) is 9.17. The van der Waals surface area contributed by atoms with E-state index in [1.54, 1.807) is 18.2 Å². The van der Waals surface area contributed by atoms with Crippen LogP contribution in [0.4, 0.5) is 4.39 Å². The Morgan fingerprint density at radius 2 is 1.78 bits per heavy atom. The van der Waals surface area contributed by atoms with Crippen molar-refractivity contribution in [3.8, 4) is 6.07 Å². The Balaban J connectivity index is 1.46. The fourth-order valence-corrected chi connectivity index (χ4v) is 4.83. The van der Waals surface area contributed by atoms with E-state index >= 15 is 0 Å². The fourth-order valence-electron chi connectivity index (χ4n) is 4.83. The largest absolute Gasteiger partial charge is 0.462 e. The van der Waals surface area contributed by atoms with Crippen LogP contribution >= 0.6 is 0 Å². The standard InChI is InChI=1S/C23H28FNO2/c1-2-3-23(26)27-21-12-10-17(11-13-21)16-4-6-18(7-5-16)19-8-9-20(15-25)22(24)14-19/h2,8-9,14,16-18,21H,1,3-7,10-13H2/t16-,17?,18-,21?. The first-order chi connectivity index (χ1) is 13.1. The molecule has 0 aliphatic heterocycles. The Hall–Kier alpha value is -2.15. The van der Waals surface area contributed by atoms with Gasteiger partial charge in [0.1, 0.15) is 18.0 Å². The highest BCUT2D eigenvalue weighted by atomic mass is 19.1. The second-order valence-corrected chi connectivity index (χ2v) is 7.98. The van der Waals surface area contributed by atoms with Crippen LogP contribution in [0.5, 0.6) is 0 Å². The van der Waals surface area contributed by atoms with Crippen molar-refractivity contribution in [3.63, 3.8) is 0 Å². The van der Waals surface area contributed by atoms with Gasteiger partial charge in [0.15, 0.2) is 0 Å². The maximum absolute atomic E-state index is 13.9. The summed E-state index contributed by atoms with van der Waals surface area (Å²) in [6.45, 7) is 3.57. The number of nitrogens with zero attached hydrogens (tertiary/aromatic N) is 1. The van der Waals surface area contributed by atoms with Gasteiger partial charge in [0, 0.05) is 0 Å². The summed E-state index contributed by atoms with van der Waals surface area (Å²) in [4.78, 5) is 11.6. The highest BCUT2D eigenvalue weighted by Crippen LogP contribution is 2.43. The zero-order chi connectivity index (χ0) is 19.2. The number of nitriles is 1. The zero-order valence-corrected chi connectivity index (χ0v) is 15.8. The van der Waals surface area contributed by atoms with Gasteiger partial charge in [0.25, 0.3) is 0 Å². The van der Waals surface area contributed by atoms with Crippen LogP contribution in [-0.2, 0) is 9.53 Å². The minimum Gasteiger partial charge on any atom is -0.462 e. The monoisotopic (exact) mass is 369 g/mol. The molecule has 2 saturated carbocycles. The molecule has 0 saturated heterocycles. The average Bonchev–Trinajstić information content (AvgIpc) is 2.69. The van der Waals surface area contributed by atoms with Crippen LogP contribution in [0.2, 0.25) is 0 Å². The Morgan fingerprint density at radius 3 is 2.33 bits per heavy atom. The van der Waals surface area contributed by atoms with E-state index in [4.69, 9.17) is 10.00 Å². The number of rotatable bonds is 5. The van der Waals surface area contributed by atoms with Gasteiger partial charge in [-0.05, 0) is 86.8 Å². The molecule has 0 aromatic heterocycles. The van der Waals surface area contributed by atoms with E-state index in [1.807, 2.05) is 12.1 Å². The summed E-state index contributed by atoms with van der Waals surface area (Å²) in [5, 5.41) is 8.87. The van der Waals surface area contributed by atoms with E-state index in [2.05, 4.69) is 6.58 Å². The number of hydrogen-bond donors (Lipinski definition) is 0. The van der Waals surface area contributed by atoms with Gasteiger partial charge in [0.2, 0.25) is 0 Å². The smallest absolute Gasteiger partial charge is 0.309 e. The number of hydrogen-bond acceptors (Lipinski definition) is 3. The molecule has 1 aromatic carbocycles. The van der Waals surface area contributed by atoms with Crippen molar-refractivity contribution in [2.24, 2.45) is 11.8 Å². The quantitative estimate of drug-likeness (QED) is 0.498. The van der Waals surface area contributed by atoms with E-state index in [9.17, 15) is 9.18 Å². The first-order valence-electron chi connectivity index (χ1n) is 10.1. The van der Waals surface area contributed by atoms with Gasteiger partial charge in [-0.2, -0.15) is 5.26 Å². The van der Waals surface area contributed by atoms with Crippen molar-refractivity contribution < 1.29 is 13.9 Å². The first-order valence-corrected chi connectivity index (χ1v) is 10.1. The molecule has 0 N–H and O–H groups in total. The summed E-state index contributed by atoms with van der Waals surface area (Å²) in [7, 11) is 0. The molecule has 27 heavy (non-hydrogen) atoms. The molecule has 0 spiro atoms. The Labute approximate surface area is 161 Å². The topological polar surface area (TPSA) is 50.1 Å². The Bertz CT molecular complexity index is 708. The van der Waals surface area contributed by atoms with Crippen LogP contribution < -0.4 is 0 Å². The van der Waals surface area contributed by atoms with Crippen molar-refractivity contribution >= 4 is 5.97 Å². The van der Waals surface area contributed by atoms with Crippen molar-refractivity contribution in [2.45, 2.75) is 69.8 Å². The van der Waals surface area contributed by atoms with E-state index in [0.717, 1.165) is 55.9 Å². The van der Waals surface area contributed by atoms with Crippen molar-refractivity contribution in [1.29, 1.82) is 5.26 Å². The molecule has 0 atom stereocenters. The molecule has 144 valence electrons. The zero-order valence-electron chi connectivity index (χ0n) is 15.8. The molecule has 3 rings (SSSR count). The van der Waals surface area contributed by atoms with Gasteiger partial charge >= 0.3 is 5.97 Å². The summed E-state index contributed by atoms with van der Waals surface area (Å²) in [6.07, 6.45) is 10.7. The molecular formula is C23H28FNO2. The maximum Gasteiger partial charge on any atom is 0.309 e. The molecule has 2 fully saturated rings. The van der Waals surface area contributed by atoms with Crippen LogP contribution in [0, 0.1) is 29.0 Å². The van der Waals surface area contributed by atoms with E-state index in [1.165, 1.54) is 12.8 Å². The number of carbonyl (C=O) groups excluding carboxylic acids is 1. The predicted molar refractivity (Wildman–Crippen MR) is 102 cm³/mol. The molecule has 0 unspecified atom stereocenters. The van der Waals surface area contributed by atoms with Gasteiger partial charge in [-0.25, -0.2) is 4.39 Å². The third-order valence-corrected chi connectivity index (χ3v) is 6.35. The molecule has 1 aromatic rings. The number of benzene rings is 1. The lowest BCUT2D eigenvalue weighted by molar-refractivity contribution is -0.150. The highest BCUT2D eigenvalue weighted by Gasteiger charge is 2.32. The van der Waals surface area contributed by atoms with Gasteiger partial charge < -0.3 is 4.74 Å². The molecule has 3 nitrogen and oxygen atoms in total. The Kier molecular flexibility index (Phi) is 6.66. The molecule has 0 heterocycles. The molecule has 2 aliphatic carbocycles. The van der Waals surface area contributed by atoms with Crippen LogP contribution in [0.25, 0.3) is 0 Å². The normalized spacial score (nSPS) is 28.1. The third kappa shape index (κ3) is 4.97. The average molecular weight is 369 g/mol. The van der Waals surface area contributed by atoms with Crippen LogP contribution in [0.15, 0.2) is 30.9 Å². The van der Waals surface area contributed by atoms with Gasteiger partial charge in [-0.15, -0.1) is 6.58 Å². The van der Waals surface area contributed by atoms with E-state index in [-0.39, 0.29) is 17.6 Å². The molecule has 4 heteroatoms. The van der Waals surface area contributed by atoms with Gasteiger partial charge in [0.05, 0.1) is 12.0 Å². The number of ether oxygens (including phenoxy) is 1. The molecule has 2 aliphatic rings. The predicted octanol–water partition coefficient (Wildman–Crippen LogP) is 5.65. The summed E-state index contributed by atoms with van der Waals surface area (Å²) in [5.41, 5.74) is 1.15. The SMILES string of the molecule is C=CCC(=O)OC1CCC([C@H]2CC[C@H](c3ccc(C#N)c(F)c3)CC2)CC1. The van der Waals surface area contributed by atoms with Crippen molar-refractivity contribution in [3.05, 3.63) is 47.8 Å². The summed E-state index contributed by atoms with van der Waals surface area (Å²) in [5.74, 6) is 1.29. The summed E-state index contributed by atoms with van der Waals surface area (Å²) in [6, 6.07) is 6.95. The van der Waals surface area contributed by atoms with Crippen molar-refractivity contribution in [1.82, 2.24) is 0 Å². The number of esters is 1. The highest BCUT2D eigenvalue weighted by molar-refractivity contribution is 5.71. The van der Waals surface area contributed by atoms with E-state index in [0.29, 0.717) is 12.3 Å². The fraction of sp³-hybridized carbons (Fsp3) is 0.565. The van der Waals surface area contributed by atoms with Gasteiger partial charge in [-0.3, -0.25) is 4.79 Å². The Morgan fingerprint density at radius 1 is 1.15 bits per heavy atom. The minimum absolute atomic E-state index is 0.0756. The van der Waals surface area contributed by atoms with E-state index < -0.39 is 5.82 Å². The summed E-state index contributed by atoms with van der Waals surface area (Å²) >= 11 is 0. The van der Waals surface area contributed by atoms with Crippen molar-refractivity contribution in [2.75, 3.05) is 0 Å². The molecule has 0 amide bonds. The van der Waals surface area contributed by atoms with Gasteiger partial charge in [-0.1, -0.05) is 12.1 Å². The number of halogens is 1. The molecule has 0 radical (unpaired) electrons. The lowest BCUT2D eigenvalue weighted by Crippen LogP contribution is -2.29. The molecule has 0 bridgehead atoms. The first kappa shape index (κ1) is 19.6. The number of carbonyl (C=O) groups is 1. The lowest BCUT2D eigenvalue weighted by atomic mass is 9.69. The van der Waals surface area contributed by atoms with Crippen LogP contribution in [0.1, 0.15) is 74.8 Å². The van der Waals surface area contributed by atoms with Crippen LogP contribution in [-0.4, -0.2) is 12.1 Å². The lowest BCUT2D eigenvalue weighted by Gasteiger charge is -2.37. The maximum atomic E-state index is 13.9. The minimum atomic E-state index is -0.401. The second-order valence-electron chi connectivity index (χ2n) is 7.98. The van der Waals surface area contributed by atoms with Crippen LogP contribution in [0.3, 0.4) is 0 Å². The third-order valence-electron chi connectivity index (χ3n) is 6.35. The molecular weight excluding hydrogens is 341 g/mol.